The molecule has 0 fully saturated rings. The first-order chi connectivity index (χ1) is 8.33. The van der Waals surface area contributed by atoms with Crippen molar-refractivity contribution in [2.24, 2.45) is 0 Å². The van der Waals surface area contributed by atoms with Crippen molar-refractivity contribution in [1.82, 2.24) is 0 Å². The van der Waals surface area contributed by atoms with Gasteiger partial charge >= 0.3 is 12.3 Å². The number of methoxy groups -OCH3 is 1. The molecule has 4 nitrogen and oxygen atoms in total. The summed E-state index contributed by atoms with van der Waals surface area (Å²) in [5, 5.41) is 9.38. The Hall–Kier alpha value is -1.76. The number of alkyl halides is 3. The Labute approximate surface area is 101 Å². The molecule has 0 saturated heterocycles. The summed E-state index contributed by atoms with van der Waals surface area (Å²) in [5.74, 6) is -1.37. The average molecular weight is 264 g/mol. The summed E-state index contributed by atoms with van der Waals surface area (Å²) in [6.45, 7) is 0. The molecule has 0 radical (unpaired) electrons. The van der Waals surface area contributed by atoms with Crippen LogP contribution >= 0.6 is 0 Å². The van der Waals surface area contributed by atoms with Crippen molar-refractivity contribution in [2.45, 2.75) is 18.9 Å². The van der Waals surface area contributed by atoms with Crippen LogP contribution < -0.4 is 4.74 Å². The lowest BCUT2D eigenvalue weighted by molar-refractivity contribution is -0.274. The van der Waals surface area contributed by atoms with Crippen molar-refractivity contribution in [2.75, 3.05) is 7.11 Å². The Morgan fingerprint density at radius 2 is 2.00 bits per heavy atom. The van der Waals surface area contributed by atoms with Gasteiger partial charge in [0.25, 0.3) is 0 Å². The standard InChI is InChI=1S/C11H11F3O4/c1-17-10(16)8(15)6-7-4-2-3-5-9(7)18-11(12,13)14/h2-5,8,15H,6H2,1H3/t8-/m1/s1. The quantitative estimate of drug-likeness (QED) is 0.840. The second-order valence-corrected chi connectivity index (χ2v) is 3.40. The molecule has 0 aromatic heterocycles. The molecule has 1 N–H and O–H groups in total. The number of ether oxygens (including phenoxy) is 2. The molecule has 0 saturated carbocycles. The van der Waals surface area contributed by atoms with E-state index in [4.69, 9.17) is 0 Å². The van der Waals surface area contributed by atoms with Gasteiger partial charge in [-0.1, -0.05) is 18.2 Å². The molecule has 0 spiro atoms. The second kappa shape index (κ2) is 5.72. The average Bonchev–Trinajstić information content (AvgIpc) is 2.28. The van der Waals surface area contributed by atoms with Gasteiger partial charge in [0, 0.05) is 6.42 Å². The van der Waals surface area contributed by atoms with Crippen LogP contribution in [0.15, 0.2) is 24.3 Å². The number of aliphatic hydroxyl groups excluding tert-OH is 1. The van der Waals surface area contributed by atoms with E-state index in [0.29, 0.717) is 0 Å². The lowest BCUT2D eigenvalue weighted by Crippen LogP contribution is -2.25. The van der Waals surface area contributed by atoms with E-state index < -0.39 is 24.2 Å². The second-order valence-electron chi connectivity index (χ2n) is 3.40. The van der Waals surface area contributed by atoms with E-state index in [2.05, 4.69) is 9.47 Å². The van der Waals surface area contributed by atoms with Crippen LogP contribution in [-0.2, 0) is 16.0 Å². The highest BCUT2D eigenvalue weighted by Gasteiger charge is 2.32. The maximum atomic E-state index is 12.1. The number of hydrogen-bond donors (Lipinski definition) is 1. The van der Waals surface area contributed by atoms with Crippen LogP contribution in [0.3, 0.4) is 0 Å². The Morgan fingerprint density at radius 3 is 2.56 bits per heavy atom. The molecule has 0 bridgehead atoms. The zero-order chi connectivity index (χ0) is 13.8. The van der Waals surface area contributed by atoms with Gasteiger partial charge in [0.15, 0.2) is 6.10 Å². The fourth-order valence-electron chi connectivity index (χ4n) is 1.32. The van der Waals surface area contributed by atoms with Gasteiger partial charge in [0.2, 0.25) is 0 Å². The van der Waals surface area contributed by atoms with Gasteiger partial charge in [-0.15, -0.1) is 13.2 Å². The first-order valence-corrected chi connectivity index (χ1v) is 4.93. The van der Waals surface area contributed by atoms with Gasteiger partial charge in [-0.25, -0.2) is 4.79 Å². The van der Waals surface area contributed by atoms with Crippen molar-refractivity contribution < 1.29 is 32.5 Å². The van der Waals surface area contributed by atoms with E-state index in [1.54, 1.807) is 0 Å². The number of para-hydroxylation sites is 1. The van der Waals surface area contributed by atoms with E-state index in [0.717, 1.165) is 13.2 Å². The molecular formula is C11H11F3O4. The Balaban J connectivity index is 2.85. The molecule has 0 amide bonds. The minimum absolute atomic E-state index is 0.0627. The highest BCUT2D eigenvalue weighted by atomic mass is 19.4. The zero-order valence-electron chi connectivity index (χ0n) is 9.40. The smallest absolute Gasteiger partial charge is 0.467 e. The first kappa shape index (κ1) is 14.3. The largest absolute Gasteiger partial charge is 0.573 e. The molecule has 7 heteroatoms. The summed E-state index contributed by atoms with van der Waals surface area (Å²) in [6.07, 6.45) is -6.68. The van der Waals surface area contributed by atoms with Crippen LogP contribution in [0, 0.1) is 0 Å². The highest BCUT2D eigenvalue weighted by molar-refractivity contribution is 5.74. The molecule has 0 aliphatic heterocycles. The van der Waals surface area contributed by atoms with Gasteiger partial charge in [-0.3, -0.25) is 0 Å². The number of carbonyl (C=O) groups excluding carboxylic acids is 1. The van der Waals surface area contributed by atoms with Gasteiger partial charge in [-0.2, -0.15) is 0 Å². The van der Waals surface area contributed by atoms with Gasteiger partial charge < -0.3 is 14.6 Å². The molecule has 0 aliphatic carbocycles. The molecule has 0 heterocycles. The van der Waals surface area contributed by atoms with Crippen LogP contribution in [0.2, 0.25) is 0 Å². The number of rotatable bonds is 4. The van der Waals surface area contributed by atoms with E-state index in [1.807, 2.05) is 0 Å². The summed E-state index contributed by atoms with van der Waals surface area (Å²) < 4.78 is 44.4. The summed E-state index contributed by atoms with van der Waals surface area (Å²) in [6, 6.07) is 5.26. The summed E-state index contributed by atoms with van der Waals surface area (Å²) >= 11 is 0. The zero-order valence-corrected chi connectivity index (χ0v) is 9.40. The molecule has 1 atom stereocenters. The van der Waals surface area contributed by atoms with Crippen molar-refractivity contribution in [3.05, 3.63) is 29.8 Å². The predicted octanol–water partition coefficient (Wildman–Crippen LogP) is 1.66. The van der Waals surface area contributed by atoms with Crippen molar-refractivity contribution in [3.63, 3.8) is 0 Å². The molecule has 100 valence electrons. The van der Waals surface area contributed by atoms with E-state index in [-0.39, 0.29) is 12.0 Å². The Kier molecular flexibility index (Phi) is 4.55. The highest BCUT2D eigenvalue weighted by Crippen LogP contribution is 2.27. The summed E-state index contributed by atoms with van der Waals surface area (Å²) in [4.78, 5) is 11.0. The maximum Gasteiger partial charge on any atom is 0.573 e. The number of aliphatic hydroxyl groups is 1. The number of hydrogen-bond acceptors (Lipinski definition) is 4. The number of carbonyl (C=O) groups is 1. The molecule has 0 aliphatic rings. The van der Waals surface area contributed by atoms with Crippen LogP contribution in [0.4, 0.5) is 13.2 Å². The van der Waals surface area contributed by atoms with Crippen LogP contribution in [0.25, 0.3) is 0 Å². The normalized spacial score (nSPS) is 12.9. The molecule has 1 rings (SSSR count). The number of benzene rings is 1. The van der Waals surface area contributed by atoms with Crippen LogP contribution in [0.5, 0.6) is 5.75 Å². The van der Waals surface area contributed by atoms with Gasteiger partial charge in [0.1, 0.15) is 5.75 Å². The molecule has 1 aromatic rings. The predicted molar refractivity (Wildman–Crippen MR) is 54.9 cm³/mol. The number of halogens is 3. The molecular weight excluding hydrogens is 253 g/mol. The summed E-state index contributed by atoms with van der Waals surface area (Å²) in [5.41, 5.74) is 0.0627. The minimum Gasteiger partial charge on any atom is -0.467 e. The van der Waals surface area contributed by atoms with Crippen molar-refractivity contribution in [1.29, 1.82) is 0 Å². The van der Waals surface area contributed by atoms with Crippen molar-refractivity contribution >= 4 is 5.97 Å². The van der Waals surface area contributed by atoms with E-state index in [1.165, 1.54) is 18.2 Å². The fraction of sp³-hybridized carbons (Fsp3) is 0.364. The van der Waals surface area contributed by atoms with Gasteiger partial charge in [0.05, 0.1) is 7.11 Å². The topological polar surface area (TPSA) is 55.8 Å². The van der Waals surface area contributed by atoms with Gasteiger partial charge in [-0.05, 0) is 11.6 Å². The lowest BCUT2D eigenvalue weighted by atomic mass is 10.1. The lowest BCUT2D eigenvalue weighted by Gasteiger charge is -2.14. The SMILES string of the molecule is COC(=O)[C@H](O)Cc1ccccc1OC(F)(F)F. The third-order valence-electron chi connectivity index (χ3n) is 2.08. The van der Waals surface area contributed by atoms with Crippen LogP contribution in [-0.4, -0.2) is 30.7 Å². The number of esters is 1. The third kappa shape index (κ3) is 4.25. The fourth-order valence-corrected chi connectivity index (χ4v) is 1.32. The maximum absolute atomic E-state index is 12.1. The van der Waals surface area contributed by atoms with Crippen LogP contribution in [0.1, 0.15) is 5.56 Å². The third-order valence-corrected chi connectivity index (χ3v) is 2.08. The molecule has 0 unspecified atom stereocenters. The van der Waals surface area contributed by atoms with E-state index in [9.17, 15) is 23.1 Å². The Bertz CT molecular complexity index is 417. The monoisotopic (exact) mass is 264 g/mol. The summed E-state index contributed by atoms with van der Waals surface area (Å²) in [7, 11) is 1.07. The first-order valence-electron chi connectivity index (χ1n) is 4.93. The molecule has 18 heavy (non-hydrogen) atoms. The minimum atomic E-state index is -4.83. The Morgan fingerprint density at radius 1 is 1.39 bits per heavy atom. The molecule has 1 aromatic carbocycles. The van der Waals surface area contributed by atoms with E-state index >= 15 is 0 Å². The van der Waals surface area contributed by atoms with Crippen molar-refractivity contribution in [3.8, 4) is 5.75 Å².